The first-order valence-electron chi connectivity index (χ1n) is 8.82. The quantitative estimate of drug-likeness (QED) is 0.722. The summed E-state index contributed by atoms with van der Waals surface area (Å²) in [5.41, 5.74) is -0.104. The molecule has 140 valence electrons. The van der Waals surface area contributed by atoms with Gasteiger partial charge in [0.25, 0.3) is 5.91 Å². The second kappa shape index (κ2) is 9.41. The average molecular weight is 370 g/mol. The minimum Gasteiger partial charge on any atom is -0.487 e. The Kier molecular flexibility index (Phi) is 7.54. The molecule has 1 aromatic rings. The second-order valence-corrected chi connectivity index (χ2v) is 7.00. The zero-order chi connectivity index (χ0) is 18.3. The van der Waals surface area contributed by atoms with Crippen molar-refractivity contribution in [2.24, 2.45) is 0 Å². The van der Waals surface area contributed by atoms with Gasteiger partial charge in [-0.15, -0.1) is 0 Å². The van der Waals surface area contributed by atoms with Gasteiger partial charge in [-0.05, 0) is 38.0 Å². The van der Waals surface area contributed by atoms with Gasteiger partial charge in [0.1, 0.15) is 17.5 Å². The number of nitrogens with one attached hydrogen (secondary N) is 1. The number of anilines is 1. The van der Waals surface area contributed by atoms with Gasteiger partial charge in [-0.3, -0.25) is 4.79 Å². The molecule has 0 radical (unpaired) electrons. The molecule has 0 saturated heterocycles. The van der Waals surface area contributed by atoms with Gasteiger partial charge in [0, 0.05) is 19.9 Å². The number of rotatable bonds is 7. The van der Waals surface area contributed by atoms with Gasteiger partial charge >= 0.3 is 0 Å². The molecular formula is C19H28ClNO4. The van der Waals surface area contributed by atoms with E-state index >= 15 is 0 Å². The van der Waals surface area contributed by atoms with Gasteiger partial charge in [0.2, 0.25) is 0 Å². The van der Waals surface area contributed by atoms with E-state index in [0.717, 1.165) is 38.5 Å². The second-order valence-electron chi connectivity index (χ2n) is 6.60. The standard InChI is InChI=1S/C19H28ClNO4/c1-14(13-23-2)25-17-9-8-15(12-16(17)20)21-18(22)19(24-3)10-6-4-5-7-11-19/h8-9,12,14H,4-7,10-11,13H2,1-3H3,(H,21,22)/t14-/m0/s1. The van der Waals surface area contributed by atoms with Crippen LogP contribution in [0.15, 0.2) is 18.2 Å². The Hall–Kier alpha value is -1.30. The fourth-order valence-corrected chi connectivity index (χ4v) is 3.45. The highest BCUT2D eigenvalue weighted by molar-refractivity contribution is 6.32. The summed E-state index contributed by atoms with van der Waals surface area (Å²) in [6, 6.07) is 5.25. The van der Waals surface area contributed by atoms with Crippen molar-refractivity contribution < 1.29 is 19.0 Å². The molecular weight excluding hydrogens is 342 g/mol. The maximum atomic E-state index is 12.8. The molecule has 1 saturated carbocycles. The lowest BCUT2D eigenvalue weighted by atomic mass is 9.93. The van der Waals surface area contributed by atoms with Crippen LogP contribution >= 0.6 is 11.6 Å². The lowest BCUT2D eigenvalue weighted by Crippen LogP contribution is -2.44. The van der Waals surface area contributed by atoms with Crippen LogP contribution in [0.5, 0.6) is 5.75 Å². The molecule has 1 aromatic carbocycles. The van der Waals surface area contributed by atoms with Gasteiger partial charge < -0.3 is 19.5 Å². The number of ether oxygens (including phenoxy) is 3. The summed E-state index contributed by atoms with van der Waals surface area (Å²) in [6.07, 6.45) is 5.70. The van der Waals surface area contributed by atoms with Crippen LogP contribution in [0.3, 0.4) is 0 Å². The van der Waals surface area contributed by atoms with Gasteiger partial charge in [0.05, 0.1) is 11.6 Å². The van der Waals surface area contributed by atoms with E-state index in [1.807, 2.05) is 6.92 Å². The predicted molar refractivity (Wildman–Crippen MR) is 99.5 cm³/mol. The van der Waals surface area contributed by atoms with Crippen LogP contribution in [0.1, 0.15) is 45.4 Å². The van der Waals surface area contributed by atoms with E-state index in [2.05, 4.69) is 5.32 Å². The molecule has 25 heavy (non-hydrogen) atoms. The molecule has 5 nitrogen and oxygen atoms in total. The molecule has 0 aromatic heterocycles. The van der Waals surface area contributed by atoms with E-state index in [9.17, 15) is 4.79 Å². The third-order valence-corrected chi connectivity index (χ3v) is 4.93. The summed E-state index contributed by atoms with van der Waals surface area (Å²) in [7, 11) is 3.24. The Balaban J connectivity index is 2.06. The highest BCUT2D eigenvalue weighted by Crippen LogP contribution is 2.33. The summed E-state index contributed by atoms with van der Waals surface area (Å²) in [5, 5.41) is 3.40. The first-order chi connectivity index (χ1) is 12.0. The van der Waals surface area contributed by atoms with Crippen LogP contribution in [-0.4, -0.2) is 38.4 Å². The number of halogens is 1. The number of carbonyl (C=O) groups is 1. The number of carbonyl (C=O) groups excluding carboxylic acids is 1. The average Bonchev–Trinajstić information content (AvgIpc) is 2.84. The number of hydrogen-bond acceptors (Lipinski definition) is 4. The summed E-state index contributed by atoms with van der Waals surface area (Å²) in [5.74, 6) is 0.467. The Morgan fingerprint density at radius 3 is 2.48 bits per heavy atom. The minimum atomic E-state index is -0.745. The fraction of sp³-hybridized carbons (Fsp3) is 0.632. The van der Waals surface area contributed by atoms with Crippen molar-refractivity contribution in [3.63, 3.8) is 0 Å². The number of amides is 1. The lowest BCUT2D eigenvalue weighted by molar-refractivity contribution is -0.139. The van der Waals surface area contributed by atoms with Crippen molar-refractivity contribution in [1.82, 2.24) is 0 Å². The highest BCUT2D eigenvalue weighted by atomic mass is 35.5. The molecule has 0 spiro atoms. The number of benzene rings is 1. The summed E-state index contributed by atoms with van der Waals surface area (Å²) < 4.78 is 16.4. The molecule has 1 aliphatic carbocycles. The van der Waals surface area contributed by atoms with Crippen molar-refractivity contribution in [1.29, 1.82) is 0 Å². The Morgan fingerprint density at radius 2 is 1.92 bits per heavy atom. The van der Waals surface area contributed by atoms with E-state index in [1.165, 1.54) is 0 Å². The van der Waals surface area contributed by atoms with Crippen LogP contribution in [0.25, 0.3) is 0 Å². The molecule has 1 N–H and O–H groups in total. The normalized spacial score (nSPS) is 18.2. The zero-order valence-corrected chi connectivity index (χ0v) is 16.0. The number of hydrogen-bond donors (Lipinski definition) is 1. The van der Waals surface area contributed by atoms with Crippen LogP contribution in [-0.2, 0) is 14.3 Å². The Morgan fingerprint density at radius 1 is 1.24 bits per heavy atom. The molecule has 0 heterocycles. The SMILES string of the molecule is COC[C@H](C)Oc1ccc(NC(=O)C2(OC)CCCCCC2)cc1Cl. The fourth-order valence-electron chi connectivity index (χ4n) is 3.23. The third kappa shape index (κ3) is 5.33. The van der Waals surface area contributed by atoms with Crippen molar-refractivity contribution in [3.05, 3.63) is 23.2 Å². The monoisotopic (exact) mass is 369 g/mol. The molecule has 0 bridgehead atoms. The highest BCUT2D eigenvalue weighted by Gasteiger charge is 2.38. The van der Waals surface area contributed by atoms with Crippen LogP contribution in [0, 0.1) is 0 Å². The molecule has 1 fully saturated rings. The van der Waals surface area contributed by atoms with Gasteiger partial charge in [-0.1, -0.05) is 37.3 Å². The van der Waals surface area contributed by atoms with Crippen LogP contribution in [0.2, 0.25) is 5.02 Å². The first-order valence-corrected chi connectivity index (χ1v) is 9.20. The third-order valence-electron chi connectivity index (χ3n) is 4.64. The van der Waals surface area contributed by atoms with Gasteiger partial charge in [-0.2, -0.15) is 0 Å². The topological polar surface area (TPSA) is 56.8 Å². The van der Waals surface area contributed by atoms with Gasteiger partial charge in [-0.25, -0.2) is 0 Å². The van der Waals surface area contributed by atoms with E-state index < -0.39 is 5.60 Å². The predicted octanol–water partition coefficient (Wildman–Crippen LogP) is 4.43. The van der Waals surface area contributed by atoms with Crippen molar-refractivity contribution in [2.45, 2.75) is 57.2 Å². The zero-order valence-electron chi connectivity index (χ0n) is 15.3. The molecule has 2 rings (SSSR count). The summed E-state index contributed by atoms with van der Waals surface area (Å²) in [6.45, 7) is 2.38. The molecule has 1 aliphatic rings. The van der Waals surface area contributed by atoms with Crippen LogP contribution in [0.4, 0.5) is 5.69 Å². The Labute approximate surface area is 155 Å². The van der Waals surface area contributed by atoms with Crippen molar-refractivity contribution in [2.75, 3.05) is 26.1 Å². The minimum absolute atomic E-state index is 0.102. The molecule has 6 heteroatoms. The maximum absolute atomic E-state index is 12.8. The maximum Gasteiger partial charge on any atom is 0.256 e. The summed E-state index contributed by atoms with van der Waals surface area (Å²) in [4.78, 5) is 12.8. The molecule has 0 unspecified atom stereocenters. The number of methoxy groups -OCH3 is 2. The van der Waals surface area contributed by atoms with E-state index in [4.69, 9.17) is 25.8 Å². The van der Waals surface area contributed by atoms with E-state index in [-0.39, 0.29) is 12.0 Å². The van der Waals surface area contributed by atoms with E-state index in [0.29, 0.717) is 23.1 Å². The molecule has 0 aliphatic heterocycles. The molecule has 1 atom stereocenters. The first kappa shape index (κ1) is 20.0. The largest absolute Gasteiger partial charge is 0.487 e. The summed E-state index contributed by atoms with van der Waals surface area (Å²) >= 11 is 6.29. The molecule has 1 amide bonds. The smallest absolute Gasteiger partial charge is 0.256 e. The van der Waals surface area contributed by atoms with Gasteiger partial charge in [0.15, 0.2) is 0 Å². The lowest BCUT2D eigenvalue weighted by Gasteiger charge is -2.30. The van der Waals surface area contributed by atoms with E-state index in [1.54, 1.807) is 32.4 Å². The van der Waals surface area contributed by atoms with Crippen molar-refractivity contribution in [3.8, 4) is 5.75 Å². The van der Waals surface area contributed by atoms with Crippen molar-refractivity contribution >= 4 is 23.2 Å². The Bertz CT molecular complexity index is 571. The van der Waals surface area contributed by atoms with Crippen LogP contribution < -0.4 is 10.1 Å².